The Morgan fingerprint density at radius 2 is 1.86 bits per heavy atom. The Hall–Kier alpha value is -1.88. The fourth-order valence-electron chi connectivity index (χ4n) is 2.42. The van der Waals surface area contributed by atoms with Crippen molar-refractivity contribution in [2.24, 2.45) is 0 Å². The van der Waals surface area contributed by atoms with Crippen LogP contribution < -0.4 is 0 Å². The molecule has 1 atom stereocenters. The number of halogens is 2. The molecule has 1 N–H and O–H groups in total. The first-order chi connectivity index (χ1) is 10.6. The van der Waals surface area contributed by atoms with Crippen LogP contribution in [0.3, 0.4) is 0 Å². The van der Waals surface area contributed by atoms with Crippen molar-refractivity contribution in [3.05, 3.63) is 82.4 Å². The number of benzene rings is 2. The third kappa shape index (κ3) is 2.86. The molecule has 0 amide bonds. The van der Waals surface area contributed by atoms with E-state index in [0.29, 0.717) is 15.6 Å². The lowest BCUT2D eigenvalue weighted by atomic mass is 9.86. The van der Waals surface area contributed by atoms with E-state index in [4.69, 9.17) is 23.2 Å². The predicted molar refractivity (Wildman–Crippen MR) is 85.9 cm³/mol. The second-order valence-electron chi connectivity index (χ2n) is 4.94. The molecule has 0 saturated heterocycles. The van der Waals surface area contributed by atoms with Crippen LogP contribution in [0.15, 0.2) is 61.2 Å². The summed E-state index contributed by atoms with van der Waals surface area (Å²) >= 11 is 12.3. The minimum Gasteiger partial charge on any atom is -0.378 e. The minimum atomic E-state index is -1.34. The van der Waals surface area contributed by atoms with Gasteiger partial charge < -0.3 is 5.11 Å². The van der Waals surface area contributed by atoms with Gasteiger partial charge in [-0.3, -0.25) is 0 Å². The standard InChI is InChI=1S/C16H13Cl2N3O/c17-13-6-7-14(15(18)8-13)16(22,9-21-11-19-10-20-21)12-4-2-1-3-5-12/h1-8,10-11,22H,9H2. The Balaban J connectivity index is 2.14. The number of hydrogen-bond acceptors (Lipinski definition) is 3. The van der Waals surface area contributed by atoms with E-state index in [1.165, 1.54) is 6.33 Å². The zero-order valence-electron chi connectivity index (χ0n) is 11.5. The third-order valence-electron chi connectivity index (χ3n) is 3.49. The third-order valence-corrected chi connectivity index (χ3v) is 4.03. The van der Waals surface area contributed by atoms with Crippen LogP contribution in [0.5, 0.6) is 0 Å². The zero-order chi connectivity index (χ0) is 15.6. The van der Waals surface area contributed by atoms with Gasteiger partial charge in [-0.1, -0.05) is 59.6 Å². The van der Waals surface area contributed by atoms with Gasteiger partial charge in [0.1, 0.15) is 18.3 Å². The molecular formula is C16H13Cl2N3O. The SMILES string of the molecule is OC(Cn1cncn1)(c1ccccc1)c1ccc(Cl)cc1Cl. The van der Waals surface area contributed by atoms with Crippen LogP contribution in [0, 0.1) is 0 Å². The molecular weight excluding hydrogens is 321 g/mol. The second kappa shape index (κ2) is 6.08. The van der Waals surface area contributed by atoms with Gasteiger partial charge in [-0.15, -0.1) is 0 Å². The Bertz CT molecular complexity index is 762. The molecule has 0 saturated carbocycles. The summed E-state index contributed by atoms with van der Waals surface area (Å²) in [7, 11) is 0. The summed E-state index contributed by atoms with van der Waals surface area (Å²) in [5.41, 5.74) is -0.0496. The molecule has 4 nitrogen and oxygen atoms in total. The van der Waals surface area contributed by atoms with E-state index in [1.807, 2.05) is 30.3 Å². The summed E-state index contributed by atoms with van der Waals surface area (Å²) < 4.78 is 1.57. The van der Waals surface area contributed by atoms with Crippen molar-refractivity contribution in [3.8, 4) is 0 Å². The fraction of sp³-hybridized carbons (Fsp3) is 0.125. The van der Waals surface area contributed by atoms with Crippen LogP contribution in [0.1, 0.15) is 11.1 Å². The molecule has 1 heterocycles. The number of hydrogen-bond donors (Lipinski definition) is 1. The first kappa shape index (κ1) is 15.0. The van der Waals surface area contributed by atoms with E-state index >= 15 is 0 Å². The van der Waals surface area contributed by atoms with E-state index in [1.54, 1.807) is 29.2 Å². The summed E-state index contributed by atoms with van der Waals surface area (Å²) in [4.78, 5) is 3.92. The maximum absolute atomic E-state index is 11.4. The number of nitrogens with zero attached hydrogens (tertiary/aromatic N) is 3. The van der Waals surface area contributed by atoms with Gasteiger partial charge in [0.05, 0.1) is 6.54 Å². The van der Waals surface area contributed by atoms with Crippen molar-refractivity contribution in [1.29, 1.82) is 0 Å². The molecule has 22 heavy (non-hydrogen) atoms. The molecule has 0 radical (unpaired) electrons. The van der Waals surface area contributed by atoms with E-state index in [0.717, 1.165) is 5.56 Å². The normalized spacial score (nSPS) is 13.8. The summed E-state index contributed by atoms with van der Waals surface area (Å²) in [6.07, 6.45) is 2.98. The molecule has 6 heteroatoms. The smallest absolute Gasteiger partial charge is 0.137 e. The number of aliphatic hydroxyl groups is 1. The Kier molecular flexibility index (Phi) is 4.16. The predicted octanol–water partition coefficient (Wildman–Crippen LogP) is 3.52. The molecule has 0 aliphatic heterocycles. The highest BCUT2D eigenvalue weighted by Gasteiger charge is 2.34. The van der Waals surface area contributed by atoms with Crippen molar-refractivity contribution in [2.45, 2.75) is 12.1 Å². The van der Waals surface area contributed by atoms with Crippen LogP contribution in [-0.4, -0.2) is 19.9 Å². The Morgan fingerprint density at radius 3 is 2.50 bits per heavy atom. The van der Waals surface area contributed by atoms with Crippen molar-refractivity contribution in [1.82, 2.24) is 14.8 Å². The highest BCUT2D eigenvalue weighted by atomic mass is 35.5. The average Bonchev–Trinajstić information content (AvgIpc) is 3.00. The van der Waals surface area contributed by atoms with Crippen molar-refractivity contribution in [2.75, 3.05) is 0 Å². The molecule has 1 unspecified atom stereocenters. The average molecular weight is 334 g/mol. The maximum Gasteiger partial charge on any atom is 0.137 e. The molecule has 0 fully saturated rings. The van der Waals surface area contributed by atoms with Crippen molar-refractivity contribution in [3.63, 3.8) is 0 Å². The number of aromatic nitrogens is 3. The number of rotatable bonds is 4. The first-order valence-corrected chi connectivity index (χ1v) is 7.41. The van der Waals surface area contributed by atoms with Gasteiger partial charge in [0, 0.05) is 15.6 Å². The fourth-order valence-corrected chi connectivity index (χ4v) is 2.98. The highest BCUT2D eigenvalue weighted by Crippen LogP contribution is 2.36. The van der Waals surface area contributed by atoms with E-state index in [9.17, 15) is 5.11 Å². The van der Waals surface area contributed by atoms with Gasteiger partial charge in [-0.2, -0.15) is 5.10 Å². The van der Waals surface area contributed by atoms with Gasteiger partial charge in [0.15, 0.2) is 0 Å². The van der Waals surface area contributed by atoms with E-state index in [-0.39, 0.29) is 6.54 Å². The Morgan fingerprint density at radius 1 is 1.09 bits per heavy atom. The molecule has 2 aromatic carbocycles. The van der Waals surface area contributed by atoms with Crippen LogP contribution >= 0.6 is 23.2 Å². The van der Waals surface area contributed by atoms with Gasteiger partial charge in [-0.25, -0.2) is 9.67 Å². The molecule has 0 spiro atoms. The molecule has 1 aromatic heterocycles. The molecule has 112 valence electrons. The highest BCUT2D eigenvalue weighted by molar-refractivity contribution is 6.35. The summed E-state index contributed by atoms with van der Waals surface area (Å²) in [5.74, 6) is 0. The molecule has 0 bridgehead atoms. The lowest BCUT2D eigenvalue weighted by Crippen LogP contribution is -2.33. The summed E-state index contributed by atoms with van der Waals surface area (Å²) in [6, 6.07) is 14.4. The largest absolute Gasteiger partial charge is 0.378 e. The molecule has 3 rings (SSSR count). The van der Waals surface area contributed by atoms with Crippen LogP contribution in [0.25, 0.3) is 0 Å². The molecule has 0 aliphatic carbocycles. The van der Waals surface area contributed by atoms with E-state index in [2.05, 4.69) is 10.1 Å². The van der Waals surface area contributed by atoms with E-state index < -0.39 is 5.60 Å². The summed E-state index contributed by atoms with van der Waals surface area (Å²) in [5, 5.41) is 16.4. The lowest BCUT2D eigenvalue weighted by molar-refractivity contribution is 0.0573. The van der Waals surface area contributed by atoms with Crippen molar-refractivity contribution < 1.29 is 5.11 Å². The first-order valence-electron chi connectivity index (χ1n) is 6.65. The lowest BCUT2D eigenvalue weighted by Gasteiger charge is -2.30. The van der Waals surface area contributed by atoms with Gasteiger partial charge in [0.2, 0.25) is 0 Å². The maximum atomic E-state index is 11.4. The Labute approximate surface area is 138 Å². The van der Waals surface area contributed by atoms with Gasteiger partial charge in [-0.05, 0) is 17.7 Å². The second-order valence-corrected chi connectivity index (χ2v) is 5.79. The summed E-state index contributed by atoms with van der Waals surface area (Å²) in [6.45, 7) is 0.193. The van der Waals surface area contributed by atoms with Gasteiger partial charge in [0.25, 0.3) is 0 Å². The monoisotopic (exact) mass is 333 g/mol. The van der Waals surface area contributed by atoms with Crippen LogP contribution in [0.4, 0.5) is 0 Å². The zero-order valence-corrected chi connectivity index (χ0v) is 13.0. The molecule has 3 aromatic rings. The quantitative estimate of drug-likeness (QED) is 0.794. The van der Waals surface area contributed by atoms with Crippen molar-refractivity contribution >= 4 is 23.2 Å². The minimum absolute atomic E-state index is 0.193. The van der Waals surface area contributed by atoms with Crippen LogP contribution in [0.2, 0.25) is 10.0 Å². The topological polar surface area (TPSA) is 50.9 Å². The molecule has 0 aliphatic rings. The van der Waals surface area contributed by atoms with Crippen LogP contribution in [-0.2, 0) is 12.1 Å². The van der Waals surface area contributed by atoms with Gasteiger partial charge >= 0.3 is 0 Å².